The van der Waals surface area contributed by atoms with E-state index < -0.39 is 11.8 Å². The topological polar surface area (TPSA) is 116 Å². The van der Waals surface area contributed by atoms with Crippen molar-refractivity contribution in [1.82, 2.24) is 15.0 Å². The van der Waals surface area contributed by atoms with Crippen LogP contribution in [0.3, 0.4) is 0 Å². The number of nitrogens with two attached hydrogens (primary N) is 1. The molecule has 1 aromatic rings. The average molecular weight is 352 g/mol. The van der Waals surface area contributed by atoms with Crippen molar-refractivity contribution in [1.29, 1.82) is 0 Å². The van der Waals surface area contributed by atoms with Crippen molar-refractivity contribution in [2.24, 2.45) is 11.8 Å². The number of amides is 2. The van der Waals surface area contributed by atoms with E-state index in [2.05, 4.69) is 16.9 Å². The zero-order chi connectivity index (χ0) is 19.0. The number of hydrogen-bond donors (Lipinski definition) is 2. The molecule has 0 saturated heterocycles. The van der Waals surface area contributed by atoms with Crippen molar-refractivity contribution in [3.8, 4) is 0 Å². The summed E-state index contributed by atoms with van der Waals surface area (Å²) in [6.07, 6.45) is 3.56. The van der Waals surface area contributed by atoms with Gasteiger partial charge in [0.25, 0.3) is 0 Å². The van der Waals surface area contributed by atoms with Gasteiger partial charge in [0.15, 0.2) is 5.82 Å². The minimum Gasteiger partial charge on any atom is -0.363 e. The molecule has 0 saturated carbocycles. The highest BCUT2D eigenvalue weighted by molar-refractivity contribution is 5.93. The van der Waals surface area contributed by atoms with Gasteiger partial charge in [-0.2, -0.15) is 0 Å². The predicted octanol–water partition coefficient (Wildman–Crippen LogP) is 1.10. The number of aromatic nitrogens is 2. The van der Waals surface area contributed by atoms with Crippen LogP contribution < -0.4 is 15.8 Å². The number of hydroxylamine groups is 2. The summed E-state index contributed by atoms with van der Waals surface area (Å²) >= 11 is 0. The number of hydrogen-bond acceptors (Lipinski definition) is 7. The fourth-order valence-corrected chi connectivity index (χ4v) is 2.40. The van der Waals surface area contributed by atoms with Crippen LogP contribution in [0.15, 0.2) is 6.07 Å². The van der Waals surface area contributed by atoms with Crippen LogP contribution in [0.25, 0.3) is 0 Å². The summed E-state index contributed by atoms with van der Waals surface area (Å²) in [5.41, 5.74) is 0. The lowest BCUT2D eigenvalue weighted by Crippen LogP contribution is -2.45. The summed E-state index contributed by atoms with van der Waals surface area (Å²) in [5.74, 6) is 6.37. The van der Waals surface area contributed by atoms with E-state index in [9.17, 15) is 14.8 Å². The lowest BCUT2D eigenvalue weighted by Gasteiger charge is -2.25. The zero-order valence-electron chi connectivity index (χ0n) is 15.3. The highest BCUT2D eigenvalue weighted by atomic mass is 16.5. The van der Waals surface area contributed by atoms with Gasteiger partial charge in [-0.15, -0.1) is 0 Å². The molecular weight excluding hydrogens is 324 g/mol. The van der Waals surface area contributed by atoms with E-state index in [1.54, 1.807) is 17.9 Å². The smallest absolute Gasteiger partial charge is 0.247 e. The number of nitrogens with zero attached hydrogens (tertiary/aromatic N) is 5. The number of rotatable bonds is 10. The molecule has 1 aromatic heterocycles. The fraction of sp³-hybridized carbons (Fsp3) is 0.625. The van der Waals surface area contributed by atoms with Gasteiger partial charge in [0.2, 0.25) is 12.3 Å². The Kier molecular flexibility index (Phi) is 8.23. The first kappa shape index (κ1) is 20.8. The summed E-state index contributed by atoms with van der Waals surface area (Å²) < 4.78 is 0. The molecule has 0 aliphatic carbocycles. The molecule has 9 heteroatoms. The van der Waals surface area contributed by atoms with Crippen LogP contribution in [0.1, 0.15) is 38.4 Å². The Labute approximate surface area is 148 Å². The summed E-state index contributed by atoms with van der Waals surface area (Å²) in [4.78, 5) is 33.7. The van der Waals surface area contributed by atoms with E-state index in [0.717, 1.165) is 24.3 Å². The molecule has 9 nitrogen and oxygen atoms in total. The first-order valence-corrected chi connectivity index (χ1v) is 8.32. The number of anilines is 2. The lowest BCUT2D eigenvalue weighted by atomic mass is 10.00. The van der Waals surface area contributed by atoms with Gasteiger partial charge in [0.1, 0.15) is 11.6 Å². The summed E-state index contributed by atoms with van der Waals surface area (Å²) in [6.45, 7) is 3.67. The second-order valence-corrected chi connectivity index (χ2v) is 6.15. The molecule has 0 bridgehead atoms. The van der Waals surface area contributed by atoms with Gasteiger partial charge in [0.05, 0.1) is 12.5 Å². The van der Waals surface area contributed by atoms with E-state index in [0.29, 0.717) is 23.1 Å². The van der Waals surface area contributed by atoms with Gasteiger partial charge in [-0.1, -0.05) is 26.2 Å². The van der Waals surface area contributed by atoms with Crippen molar-refractivity contribution in [2.75, 3.05) is 30.5 Å². The van der Waals surface area contributed by atoms with Crippen LogP contribution in [-0.2, 0) is 9.59 Å². The molecule has 0 aromatic carbocycles. The number of unbranched alkanes of at least 4 members (excludes halogenated alkanes) is 2. The molecular formula is C16H28N6O3. The van der Waals surface area contributed by atoms with Gasteiger partial charge < -0.3 is 4.90 Å². The van der Waals surface area contributed by atoms with Gasteiger partial charge in [-0.3, -0.25) is 14.8 Å². The van der Waals surface area contributed by atoms with Gasteiger partial charge >= 0.3 is 0 Å². The third kappa shape index (κ3) is 6.28. The Morgan fingerprint density at radius 2 is 1.96 bits per heavy atom. The summed E-state index contributed by atoms with van der Waals surface area (Å²) in [7, 11) is 3.66. The highest BCUT2D eigenvalue weighted by Crippen LogP contribution is 2.20. The molecule has 0 aliphatic rings. The maximum atomic E-state index is 12.8. The Bertz CT molecular complexity index is 581. The third-order valence-electron chi connectivity index (χ3n) is 3.79. The highest BCUT2D eigenvalue weighted by Gasteiger charge is 2.26. The van der Waals surface area contributed by atoms with Gasteiger partial charge in [-0.05, 0) is 13.3 Å². The van der Waals surface area contributed by atoms with Crippen molar-refractivity contribution in [3.05, 3.63) is 11.9 Å². The molecule has 1 atom stereocenters. The van der Waals surface area contributed by atoms with Crippen LogP contribution in [-0.4, -0.2) is 53.2 Å². The van der Waals surface area contributed by atoms with Gasteiger partial charge in [0, 0.05) is 20.2 Å². The molecule has 2 amide bonds. The second-order valence-electron chi connectivity index (χ2n) is 6.15. The Morgan fingerprint density at radius 3 is 2.52 bits per heavy atom. The second kappa shape index (κ2) is 9.90. The first-order chi connectivity index (χ1) is 11.8. The third-order valence-corrected chi connectivity index (χ3v) is 3.79. The molecule has 140 valence electrons. The Hall–Kier alpha value is -2.26. The van der Waals surface area contributed by atoms with Crippen molar-refractivity contribution in [2.45, 2.75) is 39.5 Å². The molecule has 3 N–H and O–H groups in total. The Morgan fingerprint density at radius 1 is 1.32 bits per heavy atom. The summed E-state index contributed by atoms with van der Waals surface area (Å²) in [6, 6.07) is 1.62. The monoisotopic (exact) mass is 352 g/mol. The molecule has 1 rings (SSSR count). The van der Waals surface area contributed by atoms with E-state index in [4.69, 9.17) is 5.84 Å². The molecule has 0 radical (unpaired) electrons. The molecule has 0 spiro atoms. The van der Waals surface area contributed by atoms with Crippen LogP contribution in [0.2, 0.25) is 0 Å². The largest absolute Gasteiger partial charge is 0.363 e. The maximum Gasteiger partial charge on any atom is 0.247 e. The van der Waals surface area contributed by atoms with Crippen molar-refractivity contribution in [3.63, 3.8) is 0 Å². The molecule has 0 fully saturated rings. The Balaban J connectivity index is 2.99. The minimum absolute atomic E-state index is 0.107. The van der Waals surface area contributed by atoms with Crippen LogP contribution in [0, 0.1) is 12.8 Å². The average Bonchev–Trinajstić information content (AvgIpc) is 2.58. The first-order valence-electron chi connectivity index (χ1n) is 8.32. The zero-order valence-corrected chi connectivity index (χ0v) is 15.3. The molecule has 0 aliphatic heterocycles. The standard InChI is InChI=1S/C16H28N6O3/c1-5-6-7-8-13(10-21(25)11-23)16(24)22(17)15-9-14(20(3)4)18-12(2)19-15/h9,11,13,25H,5-8,10,17H2,1-4H3/t13-/m1/s1. The van der Waals surface area contributed by atoms with Crippen LogP contribution >= 0.6 is 0 Å². The van der Waals surface area contributed by atoms with Crippen molar-refractivity contribution < 1.29 is 14.8 Å². The lowest BCUT2D eigenvalue weighted by molar-refractivity contribution is -0.154. The normalized spacial score (nSPS) is 11.8. The number of carbonyl (C=O) groups excluding carboxylic acids is 2. The fourth-order valence-electron chi connectivity index (χ4n) is 2.40. The maximum absolute atomic E-state index is 12.8. The number of aryl methyl sites for hydroxylation is 1. The predicted molar refractivity (Wildman–Crippen MR) is 95.0 cm³/mol. The summed E-state index contributed by atoms with van der Waals surface area (Å²) in [5, 5.41) is 10.9. The van der Waals surface area contributed by atoms with Crippen LogP contribution in [0.4, 0.5) is 11.6 Å². The SMILES string of the molecule is CCCCC[C@H](CN(O)C=O)C(=O)N(N)c1cc(N(C)C)nc(C)n1. The van der Waals surface area contributed by atoms with Crippen molar-refractivity contribution >= 4 is 24.0 Å². The van der Waals surface area contributed by atoms with E-state index >= 15 is 0 Å². The number of hydrazine groups is 1. The van der Waals surface area contributed by atoms with Gasteiger partial charge in [-0.25, -0.2) is 25.9 Å². The molecule has 0 unspecified atom stereocenters. The van der Waals surface area contributed by atoms with E-state index in [1.807, 2.05) is 14.1 Å². The van der Waals surface area contributed by atoms with E-state index in [-0.39, 0.29) is 18.8 Å². The molecule has 25 heavy (non-hydrogen) atoms. The molecule has 1 heterocycles. The van der Waals surface area contributed by atoms with Crippen LogP contribution in [0.5, 0.6) is 0 Å². The minimum atomic E-state index is -0.607. The quantitative estimate of drug-likeness (QED) is 0.162. The number of carbonyl (C=O) groups is 2. The van der Waals surface area contributed by atoms with E-state index in [1.165, 1.54) is 0 Å².